The molecule has 0 aliphatic carbocycles. The third kappa shape index (κ3) is 35.3. The van der Waals surface area contributed by atoms with E-state index in [-0.39, 0.29) is 19.4 Å². The molecule has 66 heavy (non-hydrogen) atoms. The number of hydrogen-bond donors (Lipinski definition) is 4. The van der Waals surface area contributed by atoms with E-state index >= 15 is 0 Å². The summed E-state index contributed by atoms with van der Waals surface area (Å²) in [5.41, 5.74) is 0. The van der Waals surface area contributed by atoms with Gasteiger partial charge in [0.25, 0.3) is 10.1 Å². The Hall–Kier alpha value is -3.95. The molecule has 0 saturated carbocycles. The Labute approximate surface area is 397 Å². The van der Waals surface area contributed by atoms with Crippen molar-refractivity contribution in [2.45, 2.75) is 179 Å². The van der Waals surface area contributed by atoms with Gasteiger partial charge in [-0.15, -0.1) is 0 Å². The first-order chi connectivity index (χ1) is 32.0. The van der Waals surface area contributed by atoms with Gasteiger partial charge in [-0.3, -0.25) is 14.1 Å². The minimum Gasteiger partial charge on any atom is -0.462 e. The van der Waals surface area contributed by atoms with Crippen LogP contribution in [0.5, 0.6) is 0 Å². The molecule has 0 aromatic rings. The van der Waals surface area contributed by atoms with E-state index in [0.717, 1.165) is 77.0 Å². The van der Waals surface area contributed by atoms with Crippen LogP contribution in [0, 0.1) is 0 Å². The van der Waals surface area contributed by atoms with Crippen LogP contribution < -0.4 is 0 Å². The van der Waals surface area contributed by atoms with Crippen LogP contribution in [-0.4, -0.2) is 96.0 Å². The van der Waals surface area contributed by atoms with E-state index in [9.17, 15) is 37.9 Å². The highest BCUT2D eigenvalue weighted by atomic mass is 32.2. The Morgan fingerprint density at radius 3 is 1.45 bits per heavy atom. The lowest BCUT2D eigenvalue weighted by Gasteiger charge is -2.40. The molecule has 0 amide bonds. The second-order valence-electron chi connectivity index (χ2n) is 16.0. The Bertz CT molecular complexity index is 1670. The number of hydrogen-bond acceptors (Lipinski definition) is 11. The van der Waals surface area contributed by atoms with Crippen molar-refractivity contribution in [2.75, 3.05) is 19.0 Å². The zero-order valence-electron chi connectivity index (χ0n) is 39.7. The second kappa shape index (κ2) is 41.3. The minimum atomic E-state index is -4.63. The van der Waals surface area contributed by atoms with Gasteiger partial charge >= 0.3 is 11.9 Å². The molecule has 13 heteroatoms. The molecule has 0 aromatic heterocycles. The van der Waals surface area contributed by atoms with Crippen molar-refractivity contribution in [3.05, 3.63) is 122 Å². The fourth-order valence-electron chi connectivity index (χ4n) is 6.33. The molecule has 372 valence electrons. The van der Waals surface area contributed by atoms with E-state index in [2.05, 4.69) is 117 Å². The van der Waals surface area contributed by atoms with Crippen LogP contribution in [0.1, 0.15) is 142 Å². The van der Waals surface area contributed by atoms with Crippen LogP contribution in [0.2, 0.25) is 0 Å². The Kier molecular flexibility index (Phi) is 37.5. The van der Waals surface area contributed by atoms with Crippen molar-refractivity contribution in [2.24, 2.45) is 0 Å². The van der Waals surface area contributed by atoms with Gasteiger partial charge < -0.3 is 34.3 Å². The molecule has 1 aliphatic rings. The van der Waals surface area contributed by atoms with E-state index in [1.54, 1.807) is 0 Å². The average Bonchev–Trinajstić information content (AvgIpc) is 3.28. The van der Waals surface area contributed by atoms with Crippen molar-refractivity contribution in [3.63, 3.8) is 0 Å². The highest BCUT2D eigenvalue weighted by Gasteiger charge is 2.46. The molecule has 6 atom stereocenters. The molecule has 0 aromatic carbocycles. The first-order valence-corrected chi connectivity index (χ1v) is 25.7. The van der Waals surface area contributed by atoms with Gasteiger partial charge in [-0.2, -0.15) is 8.42 Å². The predicted molar refractivity (Wildman–Crippen MR) is 265 cm³/mol. The molecular formula is C53H82O12S. The second-order valence-corrected chi connectivity index (χ2v) is 17.5. The van der Waals surface area contributed by atoms with Crippen LogP contribution >= 0.6 is 0 Å². The smallest absolute Gasteiger partial charge is 0.306 e. The van der Waals surface area contributed by atoms with Gasteiger partial charge in [-0.25, -0.2) is 0 Å². The maximum Gasteiger partial charge on any atom is 0.306 e. The Balaban J connectivity index is 2.51. The van der Waals surface area contributed by atoms with Crippen molar-refractivity contribution in [3.8, 4) is 0 Å². The standard InChI is InChI=1S/C53H82O12S/c1-3-5-7-9-11-13-15-17-19-21-23-25-27-29-31-33-35-37-39-41-48(54)62-43-46(44-63-53-52(58)51(57)50(56)47(65-53)45-66(59,60)61)64-49(55)42-40-38-36-34-32-30-28-26-24-22-20-18-16-14-12-10-8-6-4-2/h6,8,11-14,17-20,23-26,29-32,36,38,46-47,50-53,56-58H,3-5,7,9-10,15-16,21-22,27-28,33-35,37,39-45H2,1-2H3,(H,59,60,61)/b8-6+,13-11+,14-12+,19-17+,20-18+,25-23+,26-24+,31-29+,32-30+,38-36+/t46-,47-,50-,51?,52?,53+/m1/s1. The largest absolute Gasteiger partial charge is 0.462 e. The Morgan fingerprint density at radius 2 is 0.985 bits per heavy atom. The van der Waals surface area contributed by atoms with Gasteiger partial charge in [-0.05, 0) is 96.3 Å². The van der Waals surface area contributed by atoms with E-state index in [0.29, 0.717) is 19.3 Å². The average molecular weight is 943 g/mol. The zero-order chi connectivity index (χ0) is 48.4. The lowest BCUT2D eigenvalue weighted by atomic mass is 10.00. The molecule has 0 bridgehead atoms. The SMILES string of the molecule is CC/C=C/C/C=C/C/C=C/C/C=C/C/C=C/C/C=C/CCC(=O)O[C@H](COC(=O)CCCCC/C=C/C/C=C/C/C=C/C/C=C/CCCCC)CO[C@H]1O[C@H](CS(=O)(=O)O)[C@@H](O)C(O)C1O. The lowest BCUT2D eigenvalue weighted by molar-refractivity contribution is -0.297. The summed E-state index contributed by atoms with van der Waals surface area (Å²) in [5.74, 6) is -2.15. The lowest BCUT2D eigenvalue weighted by Crippen LogP contribution is -2.60. The van der Waals surface area contributed by atoms with E-state index in [1.807, 2.05) is 18.2 Å². The van der Waals surface area contributed by atoms with Gasteiger partial charge in [0, 0.05) is 12.8 Å². The molecule has 1 fully saturated rings. The minimum absolute atomic E-state index is 0.0238. The van der Waals surface area contributed by atoms with Gasteiger partial charge in [0.1, 0.15) is 36.8 Å². The third-order valence-electron chi connectivity index (χ3n) is 10.0. The molecule has 1 aliphatic heterocycles. The fourth-order valence-corrected chi connectivity index (χ4v) is 7.02. The fraction of sp³-hybridized carbons (Fsp3) is 0.585. The molecular weight excluding hydrogens is 861 g/mol. The number of rotatable bonds is 38. The van der Waals surface area contributed by atoms with Gasteiger partial charge in [0.05, 0.1) is 6.61 Å². The summed E-state index contributed by atoms with van der Waals surface area (Å²) >= 11 is 0. The van der Waals surface area contributed by atoms with Crippen molar-refractivity contribution in [1.82, 2.24) is 0 Å². The number of allylic oxidation sites excluding steroid dienone is 20. The summed E-state index contributed by atoms with van der Waals surface area (Å²) in [5, 5.41) is 30.9. The topological polar surface area (TPSA) is 186 Å². The summed E-state index contributed by atoms with van der Waals surface area (Å²) in [4.78, 5) is 25.4. The number of carbonyl (C=O) groups excluding carboxylic acids is 2. The molecule has 1 saturated heterocycles. The molecule has 2 unspecified atom stereocenters. The Morgan fingerprint density at radius 1 is 0.530 bits per heavy atom. The number of carbonyl (C=O) groups is 2. The van der Waals surface area contributed by atoms with Crippen LogP contribution in [0.15, 0.2) is 122 Å². The van der Waals surface area contributed by atoms with Gasteiger partial charge in [0.2, 0.25) is 0 Å². The van der Waals surface area contributed by atoms with E-state index < -0.39 is 71.2 Å². The normalized spacial score (nSPS) is 20.5. The van der Waals surface area contributed by atoms with Crippen LogP contribution in [-0.2, 0) is 38.7 Å². The number of unbranched alkanes of at least 4 members (excludes halogenated alkanes) is 6. The number of aliphatic hydroxyl groups is 3. The van der Waals surface area contributed by atoms with Crippen LogP contribution in [0.3, 0.4) is 0 Å². The molecule has 12 nitrogen and oxygen atoms in total. The summed E-state index contributed by atoms with van der Waals surface area (Å²) in [6.45, 7) is 3.51. The maximum absolute atomic E-state index is 12.8. The number of ether oxygens (including phenoxy) is 4. The summed E-state index contributed by atoms with van der Waals surface area (Å²) in [6, 6.07) is 0. The predicted octanol–water partition coefficient (Wildman–Crippen LogP) is 10.6. The quantitative estimate of drug-likeness (QED) is 0.0199. The zero-order valence-corrected chi connectivity index (χ0v) is 40.6. The van der Waals surface area contributed by atoms with Crippen molar-refractivity contribution in [1.29, 1.82) is 0 Å². The molecule has 0 spiro atoms. The summed E-state index contributed by atoms with van der Waals surface area (Å²) in [6.07, 6.45) is 49.6. The molecule has 1 rings (SSSR count). The highest BCUT2D eigenvalue weighted by molar-refractivity contribution is 7.85. The van der Waals surface area contributed by atoms with Crippen molar-refractivity contribution >= 4 is 22.1 Å². The summed E-state index contributed by atoms with van der Waals surface area (Å²) < 4.78 is 54.0. The van der Waals surface area contributed by atoms with Gasteiger partial charge in [-0.1, -0.05) is 155 Å². The molecule has 1 heterocycles. The van der Waals surface area contributed by atoms with Crippen LogP contribution in [0.4, 0.5) is 0 Å². The molecule has 4 N–H and O–H groups in total. The first kappa shape index (κ1) is 60.1. The van der Waals surface area contributed by atoms with Crippen LogP contribution in [0.25, 0.3) is 0 Å². The maximum atomic E-state index is 12.8. The summed E-state index contributed by atoms with van der Waals surface area (Å²) in [7, 11) is -4.63. The number of esters is 2. The highest BCUT2D eigenvalue weighted by Crippen LogP contribution is 2.24. The van der Waals surface area contributed by atoms with E-state index in [4.69, 9.17) is 18.9 Å². The van der Waals surface area contributed by atoms with Crippen molar-refractivity contribution < 1.29 is 56.8 Å². The number of aliphatic hydroxyl groups excluding tert-OH is 3. The first-order valence-electron chi connectivity index (χ1n) is 24.1. The third-order valence-corrected chi connectivity index (χ3v) is 10.8. The van der Waals surface area contributed by atoms with Gasteiger partial charge in [0.15, 0.2) is 12.4 Å². The van der Waals surface area contributed by atoms with E-state index in [1.165, 1.54) is 19.3 Å². The monoisotopic (exact) mass is 943 g/mol. The molecule has 0 radical (unpaired) electrons.